The van der Waals surface area contributed by atoms with E-state index in [4.69, 9.17) is 11.6 Å². The first-order valence-corrected chi connectivity index (χ1v) is 5.45. The Morgan fingerprint density at radius 2 is 2.24 bits per heavy atom. The van der Waals surface area contributed by atoms with Crippen LogP contribution in [0.2, 0.25) is 0 Å². The van der Waals surface area contributed by atoms with E-state index in [1.165, 1.54) is 6.07 Å². The Hall–Kier alpha value is -1.53. The van der Waals surface area contributed by atoms with Gasteiger partial charge in [0, 0.05) is 12.6 Å². The molecule has 94 valence electrons. The Balaban J connectivity index is 2.95. The summed E-state index contributed by atoms with van der Waals surface area (Å²) in [4.78, 5) is 10.0. The minimum atomic E-state index is -0.782. The van der Waals surface area contributed by atoms with Gasteiger partial charge in [-0.1, -0.05) is 0 Å². The summed E-state index contributed by atoms with van der Waals surface area (Å²) in [5.41, 5.74) is 0.478. The van der Waals surface area contributed by atoms with Gasteiger partial charge < -0.3 is 15.5 Å². The van der Waals surface area contributed by atoms with Crippen molar-refractivity contribution >= 4 is 23.0 Å². The fourth-order valence-electron chi connectivity index (χ4n) is 1.32. The van der Waals surface area contributed by atoms with Crippen molar-refractivity contribution in [3.63, 3.8) is 0 Å². The number of aromatic hydroxyl groups is 1. The highest BCUT2D eigenvalue weighted by molar-refractivity contribution is 6.18. The molecule has 1 atom stereocenters. The molecule has 0 saturated heterocycles. The fourth-order valence-corrected chi connectivity index (χ4v) is 1.43. The molecule has 1 unspecified atom stereocenters. The molecule has 0 aromatic heterocycles. The standard InChI is InChI=1S/C10H13ClN2O4/c1-6-2-8(12-5-7(14)4-11)10(15)9(3-6)13(16)17/h2-3,7,12,14-15H,4-5H2,1H3. The molecule has 1 aromatic carbocycles. The number of phenolic OH excluding ortho intramolecular Hbond substituents is 1. The highest BCUT2D eigenvalue weighted by Crippen LogP contribution is 2.34. The zero-order valence-corrected chi connectivity index (χ0v) is 9.94. The first kappa shape index (κ1) is 13.5. The van der Waals surface area contributed by atoms with Gasteiger partial charge in [-0.15, -0.1) is 11.6 Å². The lowest BCUT2D eigenvalue weighted by Crippen LogP contribution is -2.20. The summed E-state index contributed by atoms with van der Waals surface area (Å²) in [6.45, 7) is 1.78. The van der Waals surface area contributed by atoms with E-state index in [1.54, 1.807) is 13.0 Å². The lowest BCUT2D eigenvalue weighted by molar-refractivity contribution is -0.385. The van der Waals surface area contributed by atoms with Crippen LogP contribution >= 0.6 is 11.6 Å². The average Bonchev–Trinajstić information content (AvgIpc) is 2.28. The molecule has 7 heteroatoms. The zero-order chi connectivity index (χ0) is 13.0. The number of aryl methyl sites for hydroxylation is 1. The van der Waals surface area contributed by atoms with Crippen LogP contribution in [0, 0.1) is 17.0 Å². The summed E-state index contributed by atoms with van der Waals surface area (Å²) in [5, 5.41) is 32.3. The molecule has 3 N–H and O–H groups in total. The third kappa shape index (κ3) is 3.47. The molecule has 1 aromatic rings. The minimum Gasteiger partial charge on any atom is -0.501 e. The molecule has 0 spiro atoms. The maximum absolute atomic E-state index is 10.7. The molecular formula is C10H13ClN2O4. The lowest BCUT2D eigenvalue weighted by atomic mass is 10.1. The van der Waals surface area contributed by atoms with Gasteiger partial charge in [0.1, 0.15) is 0 Å². The second-order valence-corrected chi connectivity index (χ2v) is 3.93. The predicted octanol–water partition coefficient (Wildman–Crippen LogP) is 1.62. The molecule has 0 bridgehead atoms. The number of nitro benzene ring substituents is 1. The number of phenols is 1. The van der Waals surface area contributed by atoms with Crippen LogP contribution in [0.15, 0.2) is 12.1 Å². The van der Waals surface area contributed by atoms with Crippen LogP contribution in [-0.2, 0) is 0 Å². The molecule has 0 fully saturated rings. The van der Waals surface area contributed by atoms with E-state index in [2.05, 4.69) is 5.32 Å². The number of aliphatic hydroxyl groups excluding tert-OH is 1. The van der Waals surface area contributed by atoms with Crippen LogP contribution in [0.3, 0.4) is 0 Å². The van der Waals surface area contributed by atoms with Crippen LogP contribution in [0.5, 0.6) is 5.75 Å². The van der Waals surface area contributed by atoms with Crippen LogP contribution < -0.4 is 5.32 Å². The van der Waals surface area contributed by atoms with Crippen molar-refractivity contribution in [2.24, 2.45) is 0 Å². The Kier molecular flexibility index (Phi) is 4.53. The number of alkyl halides is 1. The van der Waals surface area contributed by atoms with Crippen LogP contribution in [0.1, 0.15) is 5.56 Å². The molecule has 0 amide bonds. The van der Waals surface area contributed by atoms with Crippen molar-refractivity contribution in [2.45, 2.75) is 13.0 Å². The number of benzene rings is 1. The molecule has 17 heavy (non-hydrogen) atoms. The number of anilines is 1. The van der Waals surface area contributed by atoms with E-state index in [0.717, 1.165) is 0 Å². The van der Waals surface area contributed by atoms with Gasteiger partial charge in [-0.05, 0) is 18.6 Å². The van der Waals surface area contributed by atoms with E-state index < -0.39 is 16.8 Å². The molecule has 0 aliphatic carbocycles. The Morgan fingerprint density at radius 3 is 2.76 bits per heavy atom. The topological polar surface area (TPSA) is 95.6 Å². The Bertz CT molecular complexity index is 425. The molecular weight excluding hydrogens is 248 g/mol. The number of rotatable bonds is 5. The number of aliphatic hydroxyl groups is 1. The molecule has 0 aliphatic heterocycles. The van der Waals surface area contributed by atoms with Gasteiger partial charge in [-0.25, -0.2) is 0 Å². The first-order valence-electron chi connectivity index (χ1n) is 4.91. The normalized spacial score (nSPS) is 12.2. The van der Waals surface area contributed by atoms with Crippen molar-refractivity contribution in [1.82, 2.24) is 0 Å². The summed E-state index contributed by atoms with van der Waals surface area (Å²) in [6, 6.07) is 2.84. The van der Waals surface area contributed by atoms with Crippen LogP contribution in [0.4, 0.5) is 11.4 Å². The largest absolute Gasteiger partial charge is 0.501 e. The predicted molar refractivity (Wildman–Crippen MR) is 64.7 cm³/mol. The van der Waals surface area contributed by atoms with E-state index in [0.29, 0.717) is 5.56 Å². The number of nitrogens with one attached hydrogen (secondary N) is 1. The maximum Gasteiger partial charge on any atom is 0.313 e. The molecule has 0 radical (unpaired) electrons. The SMILES string of the molecule is Cc1cc(NCC(O)CCl)c(O)c([N+](=O)[O-])c1. The van der Waals surface area contributed by atoms with E-state index >= 15 is 0 Å². The Morgan fingerprint density at radius 1 is 1.59 bits per heavy atom. The summed E-state index contributed by atoms with van der Waals surface area (Å²) >= 11 is 5.41. The quantitative estimate of drug-likeness (QED) is 0.324. The van der Waals surface area contributed by atoms with Crippen molar-refractivity contribution in [3.05, 3.63) is 27.8 Å². The number of nitrogens with zero attached hydrogens (tertiary/aromatic N) is 1. The van der Waals surface area contributed by atoms with Crippen molar-refractivity contribution in [2.75, 3.05) is 17.7 Å². The minimum absolute atomic E-state index is 0.0433. The zero-order valence-electron chi connectivity index (χ0n) is 9.18. The van der Waals surface area contributed by atoms with Gasteiger partial charge in [0.05, 0.1) is 22.6 Å². The van der Waals surface area contributed by atoms with Gasteiger partial charge in [0.15, 0.2) is 0 Å². The Labute approximate surface area is 103 Å². The second-order valence-electron chi connectivity index (χ2n) is 3.63. The van der Waals surface area contributed by atoms with Gasteiger partial charge in [0.25, 0.3) is 0 Å². The first-order chi connectivity index (χ1) is 7.95. The van der Waals surface area contributed by atoms with E-state index in [-0.39, 0.29) is 23.8 Å². The third-order valence-corrected chi connectivity index (χ3v) is 2.49. The van der Waals surface area contributed by atoms with Crippen LogP contribution in [-0.4, -0.2) is 33.7 Å². The average molecular weight is 261 g/mol. The highest BCUT2D eigenvalue weighted by atomic mass is 35.5. The number of hydrogen-bond donors (Lipinski definition) is 3. The number of nitro groups is 1. The molecule has 0 saturated carbocycles. The van der Waals surface area contributed by atoms with Crippen LogP contribution in [0.25, 0.3) is 0 Å². The summed E-state index contributed by atoms with van der Waals surface area (Å²) < 4.78 is 0. The molecule has 0 heterocycles. The smallest absolute Gasteiger partial charge is 0.313 e. The fraction of sp³-hybridized carbons (Fsp3) is 0.400. The highest BCUT2D eigenvalue weighted by Gasteiger charge is 2.18. The second kappa shape index (κ2) is 5.70. The van der Waals surface area contributed by atoms with Gasteiger partial charge in [0.2, 0.25) is 5.75 Å². The molecule has 1 rings (SSSR count). The number of hydrogen-bond acceptors (Lipinski definition) is 5. The maximum atomic E-state index is 10.7. The van der Waals surface area contributed by atoms with Crippen molar-refractivity contribution in [1.29, 1.82) is 0 Å². The summed E-state index contributed by atoms with van der Waals surface area (Å²) in [7, 11) is 0. The monoisotopic (exact) mass is 260 g/mol. The molecule has 6 nitrogen and oxygen atoms in total. The van der Waals surface area contributed by atoms with Gasteiger partial charge in [-0.2, -0.15) is 0 Å². The van der Waals surface area contributed by atoms with Crippen molar-refractivity contribution < 1.29 is 15.1 Å². The summed E-state index contributed by atoms with van der Waals surface area (Å²) in [5.74, 6) is -0.399. The van der Waals surface area contributed by atoms with Gasteiger partial charge in [-0.3, -0.25) is 10.1 Å². The van der Waals surface area contributed by atoms with Crippen molar-refractivity contribution in [3.8, 4) is 5.75 Å². The third-order valence-electron chi connectivity index (χ3n) is 2.14. The lowest BCUT2D eigenvalue weighted by Gasteiger charge is -2.12. The summed E-state index contributed by atoms with van der Waals surface area (Å²) in [6.07, 6.45) is -0.782. The van der Waals surface area contributed by atoms with E-state index in [9.17, 15) is 20.3 Å². The number of halogens is 1. The van der Waals surface area contributed by atoms with Gasteiger partial charge >= 0.3 is 5.69 Å². The molecule has 0 aliphatic rings. The van der Waals surface area contributed by atoms with E-state index in [1.807, 2.05) is 0 Å².